The number of thioether (sulfide) groups is 1. The first-order chi connectivity index (χ1) is 11.2. The first kappa shape index (κ1) is 15.2. The molecule has 1 heterocycles. The van der Waals surface area contributed by atoms with Gasteiger partial charge in [-0.3, -0.25) is 20.4 Å². The highest BCUT2D eigenvalue weighted by atomic mass is 32.2. The molecule has 116 valence electrons. The van der Waals surface area contributed by atoms with Gasteiger partial charge in [0.25, 0.3) is 5.91 Å². The topological polar surface area (TPSA) is 74.0 Å². The fraction of sp³-hybridized carbons (Fsp3) is 0.0588. The van der Waals surface area contributed by atoms with Crippen molar-refractivity contribution < 1.29 is 9.59 Å². The second-order valence-electron chi connectivity index (χ2n) is 4.85. The van der Waals surface area contributed by atoms with Gasteiger partial charge in [-0.05, 0) is 18.2 Å². The minimum Gasteiger partial charge on any atom is -0.360 e. The predicted molar refractivity (Wildman–Crippen MR) is 91.1 cm³/mol. The summed E-state index contributed by atoms with van der Waals surface area (Å²) in [7, 11) is 0. The van der Waals surface area contributed by atoms with Gasteiger partial charge in [0, 0.05) is 22.0 Å². The van der Waals surface area contributed by atoms with Crippen molar-refractivity contribution in [3.8, 4) is 0 Å². The normalized spacial score (nSPS) is 10.4. The Morgan fingerprint density at radius 1 is 0.957 bits per heavy atom. The lowest BCUT2D eigenvalue weighted by Gasteiger charge is -2.06. The van der Waals surface area contributed by atoms with E-state index < -0.39 is 0 Å². The number of hydrazine groups is 1. The van der Waals surface area contributed by atoms with Gasteiger partial charge in [-0.2, -0.15) is 0 Å². The number of carbonyl (C=O) groups excluding carboxylic acids is 2. The maximum absolute atomic E-state index is 12.1. The van der Waals surface area contributed by atoms with E-state index in [9.17, 15) is 9.59 Å². The number of nitrogens with one attached hydrogen (secondary N) is 3. The average Bonchev–Trinajstić information content (AvgIpc) is 3.03. The van der Waals surface area contributed by atoms with Crippen molar-refractivity contribution in [2.24, 2.45) is 0 Å². The standard InChI is InChI=1S/C17H15N3O2S/c21-16(11-23-12-6-2-1-3-7-12)19-20-17(22)14-10-18-15-9-5-4-8-13(14)15/h1-10,18H,11H2,(H,19,21)(H,20,22). The highest BCUT2D eigenvalue weighted by molar-refractivity contribution is 8.00. The van der Waals surface area contributed by atoms with Crippen LogP contribution >= 0.6 is 11.8 Å². The number of fused-ring (bicyclic) bond motifs is 1. The Balaban J connectivity index is 1.53. The molecule has 0 fully saturated rings. The molecule has 3 rings (SSSR count). The van der Waals surface area contributed by atoms with Crippen LogP contribution in [0.5, 0.6) is 0 Å². The van der Waals surface area contributed by atoms with E-state index in [4.69, 9.17) is 0 Å². The molecule has 0 unspecified atom stereocenters. The van der Waals surface area contributed by atoms with Gasteiger partial charge in [-0.1, -0.05) is 36.4 Å². The van der Waals surface area contributed by atoms with Crippen molar-refractivity contribution in [3.05, 3.63) is 66.4 Å². The average molecular weight is 325 g/mol. The second kappa shape index (κ2) is 7.02. The lowest BCUT2D eigenvalue weighted by atomic mass is 10.2. The summed E-state index contributed by atoms with van der Waals surface area (Å²) >= 11 is 1.41. The quantitative estimate of drug-likeness (QED) is 0.510. The molecule has 0 spiro atoms. The van der Waals surface area contributed by atoms with Crippen molar-refractivity contribution in [1.82, 2.24) is 15.8 Å². The summed E-state index contributed by atoms with van der Waals surface area (Å²) in [5.74, 6) is -0.370. The number of hydrogen-bond acceptors (Lipinski definition) is 3. The zero-order valence-electron chi connectivity index (χ0n) is 12.2. The molecule has 0 atom stereocenters. The van der Waals surface area contributed by atoms with E-state index in [0.717, 1.165) is 15.8 Å². The monoisotopic (exact) mass is 325 g/mol. The highest BCUT2D eigenvalue weighted by Crippen LogP contribution is 2.17. The smallest absolute Gasteiger partial charge is 0.271 e. The third-order valence-electron chi connectivity index (χ3n) is 3.26. The van der Waals surface area contributed by atoms with Crippen molar-refractivity contribution in [2.45, 2.75) is 4.90 Å². The summed E-state index contributed by atoms with van der Waals surface area (Å²) in [6, 6.07) is 17.1. The number of para-hydroxylation sites is 1. The highest BCUT2D eigenvalue weighted by Gasteiger charge is 2.12. The molecule has 0 saturated heterocycles. The molecular weight excluding hydrogens is 310 g/mol. The third-order valence-corrected chi connectivity index (χ3v) is 4.27. The fourth-order valence-electron chi connectivity index (χ4n) is 2.15. The number of amides is 2. The van der Waals surface area contributed by atoms with Gasteiger partial charge < -0.3 is 4.98 Å². The zero-order chi connectivity index (χ0) is 16.1. The summed E-state index contributed by atoms with van der Waals surface area (Å²) < 4.78 is 0. The van der Waals surface area contributed by atoms with Gasteiger partial charge in [0.1, 0.15) is 0 Å². The van der Waals surface area contributed by atoms with Crippen molar-refractivity contribution >= 4 is 34.5 Å². The van der Waals surface area contributed by atoms with Crippen LogP contribution < -0.4 is 10.9 Å². The van der Waals surface area contributed by atoms with E-state index in [1.165, 1.54) is 11.8 Å². The minimum absolute atomic E-state index is 0.234. The van der Waals surface area contributed by atoms with Crippen LogP contribution in [0.1, 0.15) is 10.4 Å². The Labute approximate surface area is 137 Å². The first-order valence-corrected chi connectivity index (χ1v) is 8.06. The van der Waals surface area contributed by atoms with Crippen molar-refractivity contribution in [1.29, 1.82) is 0 Å². The number of aromatic amines is 1. The van der Waals surface area contributed by atoms with Crippen LogP contribution in [0.25, 0.3) is 10.9 Å². The van der Waals surface area contributed by atoms with Crippen LogP contribution in [-0.2, 0) is 4.79 Å². The Bertz CT molecular complexity index is 830. The molecule has 0 saturated carbocycles. The molecule has 3 aromatic rings. The van der Waals surface area contributed by atoms with Crippen LogP contribution in [0.3, 0.4) is 0 Å². The van der Waals surface area contributed by atoms with Crippen molar-refractivity contribution in [2.75, 3.05) is 5.75 Å². The molecule has 2 amide bonds. The predicted octanol–water partition coefficient (Wildman–Crippen LogP) is 2.72. The molecule has 5 nitrogen and oxygen atoms in total. The number of hydrogen-bond donors (Lipinski definition) is 3. The lowest BCUT2D eigenvalue weighted by molar-refractivity contribution is -0.119. The number of aromatic nitrogens is 1. The summed E-state index contributed by atoms with van der Waals surface area (Å²) in [5, 5.41) is 0.818. The molecule has 6 heteroatoms. The summed E-state index contributed by atoms with van der Waals surface area (Å²) in [6.45, 7) is 0. The fourth-order valence-corrected chi connectivity index (χ4v) is 2.87. The molecule has 2 aromatic carbocycles. The van der Waals surface area contributed by atoms with Gasteiger partial charge in [-0.15, -0.1) is 11.8 Å². The Kier molecular flexibility index (Phi) is 4.63. The first-order valence-electron chi connectivity index (χ1n) is 7.07. The molecule has 23 heavy (non-hydrogen) atoms. The second-order valence-corrected chi connectivity index (χ2v) is 5.90. The summed E-state index contributed by atoms with van der Waals surface area (Å²) in [5.41, 5.74) is 6.25. The molecule has 0 aliphatic carbocycles. The lowest BCUT2D eigenvalue weighted by Crippen LogP contribution is -2.42. The van der Waals surface area contributed by atoms with E-state index in [1.54, 1.807) is 6.20 Å². The van der Waals surface area contributed by atoms with E-state index in [2.05, 4.69) is 15.8 Å². The molecular formula is C17H15N3O2S. The zero-order valence-corrected chi connectivity index (χ0v) is 13.0. The van der Waals surface area contributed by atoms with E-state index >= 15 is 0 Å². The number of benzene rings is 2. The molecule has 0 aliphatic rings. The molecule has 0 radical (unpaired) electrons. The van der Waals surface area contributed by atoms with Gasteiger partial charge >= 0.3 is 0 Å². The largest absolute Gasteiger partial charge is 0.360 e. The number of carbonyl (C=O) groups is 2. The number of rotatable bonds is 4. The maximum atomic E-state index is 12.1. The van der Waals surface area contributed by atoms with Crippen molar-refractivity contribution in [3.63, 3.8) is 0 Å². The van der Waals surface area contributed by atoms with Crippen LogP contribution in [0, 0.1) is 0 Å². The minimum atomic E-state index is -0.347. The maximum Gasteiger partial charge on any atom is 0.271 e. The van der Waals surface area contributed by atoms with E-state index in [1.807, 2.05) is 54.6 Å². The Morgan fingerprint density at radius 2 is 1.70 bits per heavy atom. The van der Waals surface area contributed by atoms with Crippen LogP contribution in [-0.4, -0.2) is 22.6 Å². The van der Waals surface area contributed by atoms with E-state index in [-0.39, 0.29) is 17.6 Å². The third kappa shape index (κ3) is 3.73. The molecule has 3 N–H and O–H groups in total. The molecule has 0 aliphatic heterocycles. The summed E-state index contributed by atoms with van der Waals surface area (Å²) in [6.07, 6.45) is 1.63. The van der Waals surface area contributed by atoms with Gasteiger partial charge in [0.15, 0.2) is 0 Å². The Hall–Kier alpha value is -2.73. The van der Waals surface area contributed by atoms with Gasteiger partial charge in [0.05, 0.1) is 11.3 Å². The molecule has 1 aromatic heterocycles. The van der Waals surface area contributed by atoms with Crippen LogP contribution in [0.15, 0.2) is 65.7 Å². The van der Waals surface area contributed by atoms with Gasteiger partial charge in [0.2, 0.25) is 5.91 Å². The number of H-pyrrole nitrogens is 1. The summed E-state index contributed by atoms with van der Waals surface area (Å²) in [4.78, 5) is 28.0. The SMILES string of the molecule is O=C(CSc1ccccc1)NNC(=O)c1c[nH]c2ccccc12. The van der Waals surface area contributed by atoms with Crippen LogP contribution in [0.2, 0.25) is 0 Å². The van der Waals surface area contributed by atoms with Gasteiger partial charge in [-0.25, -0.2) is 0 Å². The Morgan fingerprint density at radius 3 is 2.52 bits per heavy atom. The molecule has 0 bridgehead atoms. The van der Waals surface area contributed by atoms with Crippen LogP contribution in [0.4, 0.5) is 0 Å². The van der Waals surface area contributed by atoms with E-state index in [0.29, 0.717) is 5.56 Å².